The van der Waals surface area contributed by atoms with Gasteiger partial charge in [0.2, 0.25) is 0 Å². The van der Waals surface area contributed by atoms with Gasteiger partial charge in [0.05, 0.1) is 0 Å². The van der Waals surface area contributed by atoms with Crippen molar-refractivity contribution in [3.05, 3.63) is 59.3 Å². The summed E-state index contributed by atoms with van der Waals surface area (Å²) in [7, 11) is 0. The molecule has 0 aliphatic heterocycles. The molecule has 0 spiro atoms. The minimum absolute atomic E-state index is 0.0993. The van der Waals surface area contributed by atoms with E-state index in [4.69, 9.17) is 4.74 Å². The second-order valence-corrected chi connectivity index (χ2v) is 10.5. The van der Waals surface area contributed by atoms with E-state index in [0.717, 1.165) is 68.2 Å². The second kappa shape index (κ2) is 12.6. The molecule has 2 aliphatic carbocycles. The molecule has 1 saturated carbocycles. The number of esters is 1. The molecule has 36 heavy (non-hydrogen) atoms. The van der Waals surface area contributed by atoms with E-state index in [1.807, 2.05) is 0 Å². The Kier molecular flexibility index (Phi) is 10.4. The molecule has 2 rings (SSSR count). The Labute approximate surface area is 213 Å². The summed E-state index contributed by atoms with van der Waals surface area (Å²) >= 11 is 0. The van der Waals surface area contributed by atoms with Crippen molar-refractivity contribution in [2.45, 2.75) is 103 Å². The van der Waals surface area contributed by atoms with Crippen molar-refractivity contribution in [3.63, 3.8) is 0 Å². The minimum Gasteiger partial charge on any atom is -0.458 e. The van der Waals surface area contributed by atoms with Crippen molar-refractivity contribution >= 4 is 5.97 Å². The predicted octanol–water partition coefficient (Wildman–Crippen LogP) is 7.69. The van der Waals surface area contributed by atoms with Crippen LogP contribution >= 0.6 is 0 Å². The minimum atomic E-state index is -4.69. The monoisotopic (exact) mass is 504 g/mol. The van der Waals surface area contributed by atoms with Gasteiger partial charge in [-0.25, -0.2) is 0 Å². The summed E-state index contributed by atoms with van der Waals surface area (Å²) in [6.07, 6.45) is 10.5. The summed E-state index contributed by atoms with van der Waals surface area (Å²) in [4.78, 5) is 11.4. The molecule has 0 aromatic rings. The molecule has 3 nitrogen and oxygen atoms in total. The highest BCUT2D eigenvalue weighted by Gasteiger charge is 2.47. The SMILES string of the molecule is C=C1/C(=C\C=C2\C#CC/C=C(/CC/C=C/C(C)(O)C(F)(F)F)C(C)(C)CCC2)CCC[C@@H]1OC(C)=O. The van der Waals surface area contributed by atoms with Gasteiger partial charge in [0.15, 0.2) is 5.60 Å². The lowest BCUT2D eigenvalue weighted by molar-refractivity contribution is -0.232. The number of halogens is 3. The third-order valence-corrected chi connectivity index (χ3v) is 6.92. The fourth-order valence-electron chi connectivity index (χ4n) is 4.51. The summed E-state index contributed by atoms with van der Waals surface area (Å²) in [5.74, 6) is 6.20. The summed E-state index contributed by atoms with van der Waals surface area (Å²) in [5, 5.41) is 9.58. The molecule has 0 aromatic carbocycles. The number of hydrogen-bond donors (Lipinski definition) is 1. The van der Waals surface area contributed by atoms with E-state index in [0.29, 0.717) is 19.3 Å². The maximum Gasteiger partial charge on any atom is 0.420 e. The first-order chi connectivity index (χ1) is 16.7. The lowest BCUT2D eigenvalue weighted by Gasteiger charge is -2.29. The van der Waals surface area contributed by atoms with Crippen LogP contribution in [0.3, 0.4) is 0 Å². The number of allylic oxidation sites excluding steroid dienone is 6. The van der Waals surface area contributed by atoms with Gasteiger partial charge in [-0.1, -0.05) is 62.1 Å². The fourth-order valence-corrected chi connectivity index (χ4v) is 4.51. The molecule has 1 N–H and O–H groups in total. The molecule has 0 radical (unpaired) electrons. The first-order valence-electron chi connectivity index (χ1n) is 12.6. The van der Waals surface area contributed by atoms with Crippen molar-refractivity contribution in [1.29, 1.82) is 0 Å². The Morgan fingerprint density at radius 1 is 1.28 bits per heavy atom. The van der Waals surface area contributed by atoms with Crippen molar-refractivity contribution in [2.75, 3.05) is 0 Å². The van der Waals surface area contributed by atoms with Crippen LogP contribution in [-0.2, 0) is 9.53 Å². The van der Waals surface area contributed by atoms with Gasteiger partial charge in [0, 0.05) is 18.9 Å². The van der Waals surface area contributed by atoms with Crippen LogP contribution in [0.5, 0.6) is 0 Å². The second-order valence-electron chi connectivity index (χ2n) is 10.5. The van der Waals surface area contributed by atoms with E-state index in [1.54, 1.807) is 0 Å². The Morgan fingerprint density at radius 3 is 2.67 bits per heavy atom. The summed E-state index contributed by atoms with van der Waals surface area (Å²) in [5.41, 5.74) is 1.27. The zero-order valence-electron chi connectivity index (χ0n) is 21.9. The maximum absolute atomic E-state index is 12.8. The summed E-state index contributed by atoms with van der Waals surface area (Å²) in [6, 6.07) is 0. The first-order valence-corrected chi connectivity index (χ1v) is 12.6. The molecule has 0 bridgehead atoms. The highest BCUT2D eigenvalue weighted by atomic mass is 19.4. The van der Waals surface area contributed by atoms with Gasteiger partial charge in [-0.05, 0) is 80.9 Å². The van der Waals surface area contributed by atoms with E-state index in [9.17, 15) is 23.1 Å². The number of ether oxygens (including phenoxy) is 1. The van der Waals surface area contributed by atoms with E-state index in [-0.39, 0.29) is 17.5 Å². The smallest absolute Gasteiger partial charge is 0.420 e. The number of rotatable bonds is 6. The topological polar surface area (TPSA) is 46.5 Å². The van der Waals surface area contributed by atoms with Crippen LogP contribution in [0.15, 0.2) is 59.3 Å². The van der Waals surface area contributed by atoms with E-state index in [1.165, 1.54) is 18.6 Å². The summed E-state index contributed by atoms with van der Waals surface area (Å²) < 4.78 is 43.9. The van der Waals surface area contributed by atoms with Gasteiger partial charge in [0.1, 0.15) is 6.10 Å². The van der Waals surface area contributed by atoms with Crippen LogP contribution in [0.2, 0.25) is 0 Å². The van der Waals surface area contributed by atoms with E-state index in [2.05, 4.69) is 50.5 Å². The zero-order valence-corrected chi connectivity index (χ0v) is 21.9. The third-order valence-electron chi connectivity index (χ3n) is 6.92. The Morgan fingerprint density at radius 2 is 2.00 bits per heavy atom. The fraction of sp³-hybridized carbons (Fsp3) is 0.567. The van der Waals surface area contributed by atoms with Crippen LogP contribution in [0.4, 0.5) is 13.2 Å². The highest BCUT2D eigenvalue weighted by molar-refractivity contribution is 5.66. The number of aliphatic hydroxyl groups is 1. The molecule has 0 heterocycles. The van der Waals surface area contributed by atoms with Crippen molar-refractivity contribution in [2.24, 2.45) is 5.41 Å². The summed E-state index contributed by atoms with van der Waals surface area (Å²) in [6.45, 7) is 10.6. The van der Waals surface area contributed by atoms with E-state index >= 15 is 0 Å². The highest BCUT2D eigenvalue weighted by Crippen LogP contribution is 2.37. The molecular formula is C30H39F3O3. The van der Waals surface area contributed by atoms with Crippen molar-refractivity contribution in [1.82, 2.24) is 0 Å². The third kappa shape index (κ3) is 8.85. The first kappa shape index (κ1) is 29.7. The quantitative estimate of drug-likeness (QED) is 0.229. The molecule has 2 atom stereocenters. The number of hydrogen-bond acceptors (Lipinski definition) is 3. The van der Waals surface area contributed by atoms with Crippen LogP contribution in [-0.4, -0.2) is 29.0 Å². The van der Waals surface area contributed by atoms with Gasteiger partial charge >= 0.3 is 12.1 Å². The average Bonchev–Trinajstić information content (AvgIpc) is 2.76. The van der Waals surface area contributed by atoms with Gasteiger partial charge in [-0.15, -0.1) is 0 Å². The van der Waals surface area contributed by atoms with Gasteiger partial charge in [-0.2, -0.15) is 13.2 Å². The van der Waals surface area contributed by atoms with Crippen LogP contribution in [0.1, 0.15) is 85.5 Å². The normalized spacial score (nSPS) is 26.6. The Hall–Kier alpha value is -2.52. The van der Waals surface area contributed by atoms with Gasteiger partial charge in [-0.3, -0.25) is 4.79 Å². The lowest BCUT2D eigenvalue weighted by Crippen LogP contribution is -2.39. The molecule has 198 valence electrons. The predicted molar refractivity (Wildman–Crippen MR) is 138 cm³/mol. The average molecular weight is 505 g/mol. The molecule has 0 saturated heterocycles. The Bertz CT molecular complexity index is 995. The van der Waals surface area contributed by atoms with Crippen molar-refractivity contribution in [3.8, 4) is 11.8 Å². The molecular weight excluding hydrogens is 465 g/mol. The molecule has 1 unspecified atom stereocenters. The number of carbonyl (C=O) groups excluding carboxylic acids is 1. The number of alkyl halides is 3. The molecule has 1 fully saturated rings. The number of carbonyl (C=O) groups is 1. The molecule has 2 aliphatic rings. The molecule has 0 amide bonds. The van der Waals surface area contributed by atoms with E-state index < -0.39 is 11.8 Å². The van der Waals surface area contributed by atoms with Crippen LogP contribution in [0.25, 0.3) is 0 Å². The standard InChI is InChI=1S/C30H39F3O3/c1-22-25(14-10-17-27(22)36-23(2)34)19-18-24-12-6-7-15-26(28(3,4)20-11-13-24)16-8-9-21-29(5,35)30(31,32)33/h9,15,18-19,21,27,35H,1,7-8,10-11,13-14,16-17,20H2,2-5H3/b21-9+,24-18-,25-19-,26-15-/t27-,29?/m0/s1. The maximum atomic E-state index is 12.8. The van der Waals surface area contributed by atoms with Crippen LogP contribution in [0, 0.1) is 17.3 Å². The molecule has 0 aromatic heterocycles. The van der Waals surface area contributed by atoms with Gasteiger partial charge < -0.3 is 9.84 Å². The van der Waals surface area contributed by atoms with Crippen LogP contribution < -0.4 is 0 Å². The zero-order chi connectivity index (χ0) is 27.0. The lowest BCUT2D eigenvalue weighted by atomic mass is 9.76. The van der Waals surface area contributed by atoms with Gasteiger partial charge in [0.25, 0.3) is 0 Å². The van der Waals surface area contributed by atoms with Crippen molar-refractivity contribution < 1.29 is 27.8 Å². The largest absolute Gasteiger partial charge is 0.458 e. The Balaban J connectivity index is 2.10. The molecule has 6 heteroatoms.